The molecule has 0 bridgehead atoms. The summed E-state index contributed by atoms with van der Waals surface area (Å²) in [5.74, 6) is 4.02. The highest BCUT2D eigenvalue weighted by molar-refractivity contribution is 5.66. The molecule has 0 aliphatic rings. The Labute approximate surface area is 470 Å². The summed E-state index contributed by atoms with van der Waals surface area (Å²) in [6.45, 7) is 21.8. The van der Waals surface area contributed by atoms with Crippen LogP contribution in [0.2, 0.25) is 0 Å². The molecular formula is C64H78O16. The summed E-state index contributed by atoms with van der Waals surface area (Å²) in [5.41, 5.74) is 6.85. The average molecular weight is 1100 g/mol. The first-order valence-corrected chi connectivity index (χ1v) is 25.7. The zero-order valence-electron chi connectivity index (χ0n) is 47.9. The van der Waals surface area contributed by atoms with Crippen molar-refractivity contribution >= 4 is 5.97 Å². The molecule has 0 aromatic heterocycles. The average Bonchev–Trinajstić information content (AvgIpc) is 3.46. The minimum atomic E-state index is -0.901. The van der Waals surface area contributed by atoms with E-state index < -0.39 is 42.6 Å². The maximum absolute atomic E-state index is 11.7. The lowest BCUT2D eigenvalue weighted by molar-refractivity contribution is -0.151. The molecule has 0 radical (unpaired) electrons. The second-order valence-electron chi connectivity index (χ2n) is 18.5. The van der Waals surface area contributed by atoms with Crippen LogP contribution >= 0.6 is 0 Å². The number of carbonyl (C=O) groups excluding carboxylic acids is 1. The van der Waals surface area contributed by atoms with Crippen LogP contribution in [-0.4, -0.2) is 92.5 Å². The van der Waals surface area contributed by atoms with Crippen LogP contribution < -0.4 is 42.6 Å². The first kappa shape index (κ1) is 64.1. The molecule has 5 N–H and O–H groups in total. The Balaban J connectivity index is 0.000000259. The number of phenols is 3. The van der Waals surface area contributed by atoms with Gasteiger partial charge < -0.3 is 72.9 Å². The Hall–Kier alpha value is -8.47. The summed E-state index contributed by atoms with van der Waals surface area (Å²) in [4.78, 5) is 11.7. The molecule has 0 aliphatic heterocycles. The molecule has 0 saturated heterocycles. The number of aliphatic hydroxyl groups is 2. The molecule has 0 amide bonds. The summed E-state index contributed by atoms with van der Waals surface area (Å²) < 4.78 is 55.3. The van der Waals surface area contributed by atoms with Crippen molar-refractivity contribution in [2.75, 3.05) is 42.7 Å². The number of ether oxygens (including phenoxy) is 10. The third-order valence-corrected chi connectivity index (χ3v) is 12.6. The lowest BCUT2D eigenvalue weighted by atomic mass is 10.0. The lowest BCUT2D eigenvalue weighted by Gasteiger charge is -2.27. The Morgan fingerprint density at radius 3 is 1.21 bits per heavy atom. The van der Waals surface area contributed by atoms with E-state index in [0.717, 1.165) is 47.1 Å². The Kier molecular flexibility index (Phi) is 25.0. The van der Waals surface area contributed by atoms with Crippen molar-refractivity contribution in [3.05, 3.63) is 180 Å². The van der Waals surface area contributed by atoms with E-state index in [1.165, 1.54) is 46.5 Å². The van der Waals surface area contributed by atoms with Gasteiger partial charge in [-0.3, -0.25) is 4.79 Å². The second-order valence-corrected chi connectivity index (χ2v) is 18.5. The van der Waals surface area contributed by atoms with Gasteiger partial charge in [0.1, 0.15) is 30.5 Å². The molecule has 0 spiro atoms. The van der Waals surface area contributed by atoms with Crippen molar-refractivity contribution in [2.24, 2.45) is 0 Å². The Morgan fingerprint density at radius 1 is 0.450 bits per heavy atom. The molecule has 16 nitrogen and oxygen atoms in total. The van der Waals surface area contributed by atoms with Crippen LogP contribution in [0, 0.1) is 13.8 Å². The monoisotopic (exact) mass is 1100 g/mol. The van der Waals surface area contributed by atoms with Gasteiger partial charge in [0.05, 0.1) is 42.7 Å². The van der Waals surface area contributed by atoms with Crippen LogP contribution in [0.25, 0.3) is 0 Å². The number of allylic oxidation sites excluding steroid dienone is 3. The number of benzene rings is 6. The number of aromatic hydroxyl groups is 3. The number of esters is 1. The van der Waals surface area contributed by atoms with E-state index in [4.69, 9.17) is 47.4 Å². The standard InChI is InChI=1S/C23H28O6.C21H26O5.C20H24O5/c1-7-8-17-11-14(2)22(21(12-17)27-6)28-15(3)23(29-16(4)24)18-9-10-19(25)20(13-18)26-5;1-6-7-15-10-13(2)21(19(11-15)25-5)26-14(3)20(23)16-8-9-17(22)18(12-16)24-4;1-5-6-14-7-10-17(19(11-14)24-4)25-13(2)20(22)15-8-9-16(21)18(12-15)23-3/h7,9-13,15,23,25H,1,8H2,2-6H3;6,8-12,14,20,22-23H,1,7H2,2-5H3;5,7-13,20-22H,1,6H2,2-4H3. The van der Waals surface area contributed by atoms with Crippen molar-refractivity contribution < 1.29 is 77.7 Å². The highest BCUT2D eigenvalue weighted by atomic mass is 16.6. The van der Waals surface area contributed by atoms with Crippen LogP contribution in [0.3, 0.4) is 0 Å². The highest BCUT2D eigenvalue weighted by Gasteiger charge is 2.28. The van der Waals surface area contributed by atoms with Crippen LogP contribution in [0.5, 0.6) is 69.0 Å². The predicted molar refractivity (Wildman–Crippen MR) is 309 cm³/mol. The van der Waals surface area contributed by atoms with Crippen LogP contribution in [0.1, 0.15) is 90.5 Å². The van der Waals surface area contributed by atoms with Gasteiger partial charge in [-0.25, -0.2) is 0 Å². The van der Waals surface area contributed by atoms with Crippen molar-refractivity contribution in [3.8, 4) is 69.0 Å². The Morgan fingerprint density at radius 2 is 0.812 bits per heavy atom. The quantitative estimate of drug-likeness (QED) is 0.0267. The smallest absolute Gasteiger partial charge is 0.303 e. The summed E-state index contributed by atoms with van der Waals surface area (Å²) >= 11 is 0. The third-order valence-electron chi connectivity index (χ3n) is 12.6. The van der Waals surface area contributed by atoms with Gasteiger partial charge in [0.2, 0.25) is 0 Å². The van der Waals surface area contributed by atoms with Gasteiger partial charge in [-0.2, -0.15) is 0 Å². The van der Waals surface area contributed by atoms with Crippen molar-refractivity contribution in [2.45, 2.75) is 97.4 Å². The van der Waals surface area contributed by atoms with Gasteiger partial charge in [-0.1, -0.05) is 54.6 Å². The van der Waals surface area contributed by atoms with Crippen molar-refractivity contribution in [1.82, 2.24) is 0 Å². The fourth-order valence-corrected chi connectivity index (χ4v) is 8.45. The maximum Gasteiger partial charge on any atom is 0.303 e. The van der Waals surface area contributed by atoms with E-state index in [9.17, 15) is 30.3 Å². The van der Waals surface area contributed by atoms with E-state index in [1.807, 2.05) is 81.5 Å². The van der Waals surface area contributed by atoms with Crippen LogP contribution in [0.15, 0.2) is 135 Å². The summed E-state index contributed by atoms with van der Waals surface area (Å²) in [6.07, 6.45) is 3.56. The van der Waals surface area contributed by atoms with Crippen molar-refractivity contribution in [3.63, 3.8) is 0 Å². The van der Waals surface area contributed by atoms with Crippen molar-refractivity contribution in [1.29, 1.82) is 0 Å². The maximum atomic E-state index is 11.7. The number of aryl methyl sites for hydroxylation is 2. The SMILES string of the molecule is C=CCc1cc(C)c(OC(C)C(O)c2ccc(O)c(OC)c2)c(OC)c1.C=CCc1cc(C)c(OC(C)C(OC(C)=O)c2ccc(O)c(OC)c2)c(OC)c1.C=CCc1ccc(OC(C)C(O)c2ccc(O)c(OC)c2)c(OC)c1. The van der Waals surface area contributed by atoms with Gasteiger partial charge in [-0.15, -0.1) is 19.7 Å². The fourth-order valence-electron chi connectivity index (χ4n) is 8.45. The van der Waals surface area contributed by atoms with Gasteiger partial charge in [0.15, 0.2) is 75.1 Å². The Bertz CT molecular complexity index is 3000. The lowest BCUT2D eigenvalue weighted by Crippen LogP contribution is -2.26. The molecule has 6 unspecified atom stereocenters. The van der Waals surface area contributed by atoms with E-state index in [0.29, 0.717) is 62.7 Å². The zero-order valence-corrected chi connectivity index (χ0v) is 47.9. The molecule has 16 heteroatoms. The summed E-state index contributed by atoms with van der Waals surface area (Å²) in [6, 6.07) is 27.7. The minimum Gasteiger partial charge on any atom is -0.504 e. The normalized spacial score (nSPS) is 12.8. The molecule has 80 heavy (non-hydrogen) atoms. The zero-order chi connectivity index (χ0) is 59.2. The van der Waals surface area contributed by atoms with E-state index in [2.05, 4.69) is 19.7 Å². The number of phenolic OH excluding ortho intramolecular Hbond substituents is 3. The first-order chi connectivity index (χ1) is 38.2. The fraction of sp³-hybridized carbons (Fsp3) is 0.328. The first-order valence-electron chi connectivity index (χ1n) is 25.7. The van der Waals surface area contributed by atoms with Gasteiger partial charge in [0, 0.05) is 12.5 Å². The number of rotatable bonds is 25. The molecule has 0 aliphatic carbocycles. The minimum absolute atomic E-state index is 0.00159. The second kappa shape index (κ2) is 31.2. The number of aliphatic hydroxyl groups excluding tert-OH is 2. The third kappa shape index (κ3) is 17.5. The summed E-state index contributed by atoms with van der Waals surface area (Å²) in [7, 11) is 9.12. The van der Waals surface area contributed by atoms with E-state index in [1.54, 1.807) is 71.6 Å². The molecule has 6 aromatic carbocycles. The molecular weight excluding hydrogens is 1020 g/mol. The molecule has 0 heterocycles. The predicted octanol–water partition coefficient (Wildman–Crippen LogP) is 12.1. The number of carbonyl (C=O) groups is 1. The van der Waals surface area contributed by atoms with Crippen LogP contribution in [-0.2, 0) is 28.8 Å². The van der Waals surface area contributed by atoms with Crippen LogP contribution in [0.4, 0.5) is 0 Å². The van der Waals surface area contributed by atoms with Gasteiger partial charge in [-0.05, 0) is 153 Å². The van der Waals surface area contributed by atoms with Gasteiger partial charge in [0.25, 0.3) is 0 Å². The molecule has 6 atom stereocenters. The molecule has 0 saturated carbocycles. The number of hydrogen-bond donors (Lipinski definition) is 5. The molecule has 430 valence electrons. The largest absolute Gasteiger partial charge is 0.504 e. The topological polar surface area (TPSA) is 211 Å². The number of methoxy groups -OCH3 is 6. The van der Waals surface area contributed by atoms with E-state index >= 15 is 0 Å². The summed E-state index contributed by atoms with van der Waals surface area (Å²) in [5, 5.41) is 50.4. The molecule has 0 fully saturated rings. The highest BCUT2D eigenvalue weighted by Crippen LogP contribution is 2.40. The molecule has 6 rings (SSSR count). The number of hydrogen-bond acceptors (Lipinski definition) is 16. The molecule has 6 aromatic rings. The van der Waals surface area contributed by atoms with E-state index in [-0.39, 0.29) is 23.0 Å². The van der Waals surface area contributed by atoms with Gasteiger partial charge >= 0.3 is 5.97 Å².